The first-order chi connectivity index (χ1) is 14.8. The van der Waals surface area contributed by atoms with Gasteiger partial charge >= 0.3 is 0 Å². The van der Waals surface area contributed by atoms with Crippen LogP contribution in [0.25, 0.3) is 11.3 Å². The van der Waals surface area contributed by atoms with E-state index in [-0.39, 0.29) is 36.3 Å². The van der Waals surface area contributed by atoms with Crippen molar-refractivity contribution in [3.05, 3.63) is 56.7 Å². The van der Waals surface area contributed by atoms with Gasteiger partial charge in [-0.3, -0.25) is 9.89 Å². The highest BCUT2D eigenvalue weighted by Gasteiger charge is 2.43. The number of methoxy groups -OCH3 is 1. The number of aliphatic hydroxyl groups is 1. The van der Waals surface area contributed by atoms with E-state index in [1.807, 2.05) is 19.9 Å². The number of rotatable bonds is 5. The Kier molecular flexibility index (Phi) is 5.40. The van der Waals surface area contributed by atoms with Crippen molar-refractivity contribution in [2.45, 2.75) is 19.9 Å². The molecule has 0 spiro atoms. The number of nitrogens with zero attached hydrogens (tertiary/aromatic N) is 2. The maximum absolute atomic E-state index is 13.1. The van der Waals surface area contributed by atoms with Crippen LogP contribution in [0.5, 0.6) is 17.2 Å². The topological polar surface area (TPSA) is 119 Å². The molecule has 8 nitrogen and oxygen atoms in total. The Balaban J connectivity index is 1.98. The Morgan fingerprint density at radius 1 is 1.23 bits per heavy atom. The lowest BCUT2D eigenvalue weighted by molar-refractivity contribution is 0.0706. The molecule has 0 unspecified atom stereocenters. The molecule has 0 saturated carbocycles. The summed E-state index contributed by atoms with van der Waals surface area (Å²) >= 11 is 3.34. The monoisotopic (exact) mass is 487 g/mol. The lowest BCUT2D eigenvalue weighted by atomic mass is 9.93. The van der Waals surface area contributed by atoms with Crippen molar-refractivity contribution in [3.63, 3.8) is 0 Å². The highest BCUT2D eigenvalue weighted by Crippen LogP contribution is 2.47. The fourth-order valence-corrected chi connectivity index (χ4v) is 4.69. The highest BCUT2D eigenvalue weighted by atomic mass is 79.9. The number of phenolic OH excluding ortho intramolecular Hbond substituents is 2. The van der Waals surface area contributed by atoms with Crippen LogP contribution in [0.3, 0.4) is 0 Å². The number of fused-ring (bicyclic) bond motifs is 1. The Hall–Kier alpha value is -3.04. The van der Waals surface area contributed by atoms with Crippen LogP contribution in [-0.4, -0.2) is 56.6 Å². The predicted molar refractivity (Wildman–Crippen MR) is 117 cm³/mol. The maximum Gasteiger partial charge on any atom is 0.273 e. The van der Waals surface area contributed by atoms with E-state index in [4.69, 9.17) is 4.74 Å². The van der Waals surface area contributed by atoms with Gasteiger partial charge < -0.3 is 25.0 Å². The normalized spacial score (nSPS) is 15.5. The summed E-state index contributed by atoms with van der Waals surface area (Å²) < 4.78 is 5.70. The van der Waals surface area contributed by atoms with Crippen molar-refractivity contribution in [2.75, 3.05) is 20.3 Å². The number of carbonyl (C=O) groups excluding carboxylic acids is 1. The van der Waals surface area contributed by atoms with E-state index >= 15 is 0 Å². The van der Waals surface area contributed by atoms with Gasteiger partial charge in [-0.1, -0.05) is 6.07 Å². The van der Waals surface area contributed by atoms with Crippen LogP contribution in [0.2, 0.25) is 0 Å². The zero-order valence-corrected chi connectivity index (χ0v) is 18.8. The summed E-state index contributed by atoms with van der Waals surface area (Å²) in [6.07, 6.45) is 0. The zero-order valence-electron chi connectivity index (χ0n) is 17.2. The zero-order chi connectivity index (χ0) is 22.4. The maximum atomic E-state index is 13.1. The fourth-order valence-electron chi connectivity index (χ4n) is 4.23. The molecule has 3 aromatic rings. The molecular formula is C22H22BrN3O5. The largest absolute Gasteiger partial charge is 0.507 e. The summed E-state index contributed by atoms with van der Waals surface area (Å²) in [5.74, 6) is -0.0409. The number of aromatic nitrogens is 2. The Morgan fingerprint density at radius 3 is 2.61 bits per heavy atom. The number of aliphatic hydroxyl groups excluding tert-OH is 1. The Bertz CT molecular complexity index is 1170. The number of H-pyrrole nitrogens is 1. The summed E-state index contributed by atoms with van der Waals surface area (Å²) in [4.78, 5) is 14.7. The first-order valence-corrected chi connectivity index (χ1v) is 10.4. The quantitative estimate of drug-likeness (QED) is 0.437. The molecule has 2 heterocycles. The van der Waals surface area contributed by atoms with Gasteiger partial charge in [0.1, 0.15) is 17.1 Å². The van der Waals surface area contributed by atoms with Crippen molar-refractivity contribution in [3.8, 4) is 28.5 Å². The number of β-amino-alcohol motifs (C(OH)–C–C–N with tert-alkyl or cyclic N) is 1. The predicted octanol–water partition coefficient (Wildman–Crippen LogP) is 3.41. The molecule has 1 amide bonds. The van der Waals surface area contributed by atoms with E-state index in [0.717, 1.165) is 11.1 Å². The molecular weight excluding hydrogens is 466 g/mol. The van der Waals surface area contributed by atoms with Crippen LogP contribution in [0, 0.1) is 13.8 Å². The first kappa shape index (κ1) is 21.2. The van der Waals surface area contributed by atoms with Crippen LogP contribution < -0.4 is 4.74 Å². The molecule has 9 heteroatoms. The number of hydrogen-bond acceptors (Lipinski definition) is 6. The molecule has 1 atom stereocenters. The third-order valence-electron chi connectivity index (χ3n) is 5.49. The number of benzene rings is 2. The van der Waals surface area contributed by atoms with Crippen LogP contribution in [0.15, 0.2) is 28.7 Å². The van der Waals surface area contributed by atoms with E-state index in [1.165, 1.54) is 12.0 Å². The average Bonchev–Trinajstić information content (AvgIpc) is 3.23. The van der Waals surface area contributed by atoms with Gasteiger partial charge in [0, 0.05) is 17.7 Å². The number of aromatic hydroxyl groups is 2. The van der Waals surface area contributed by atoms with Crippen LogP contribution in [0.1, 0.15) is 38.8 Å². The summed E-state index contributed by atoms with van der Waals surface area (Å²) in [6.45, 7) is 3.65. The number of halogens is 1. The molecule has 0 aliphatic carbocycles. The van der Waals surface area contributed by atoms with Gasteiger partial charge in [-0.05, 0) is 64.7 Å². The number of amides is 1. The van der Waals surface area contributed by atoms with E-state index < -0.39 is 6.04 Å². The molecule has 162 valence electrons. The molecule has 0 bridgehead atoms. The smallest absolute Gasteiger partial charge is 0.273 e. The number of aryl methyl sites for hydroxylation is 2. The molecule has 31 heavy (non-hydrogen) atoms. The minimum atomic E-state index is -0.602. The second-order valence-electron chi connectivity index (χ2n) is 7.52. The molecule has 0 fully saturated rings. The number of phenols is 2. The van der Waals surface area contributed by atoms with E-state index in [1.54, 1.807) is 18.2 Å². The minimum absolute atomic E-state index is 0.0519. The van der Waals surface area contributed by atoms with Gasteiger partial charge in [-0.15, -0.1) is 0 Å². The second kappa shape index (κ2) is 7.90. The lowest BCUT2D eigenvalue weighted by Gasteiger charge is -2.26. The summed E-state index contributed by atoms with van der Waals surface area (Å²) in [5.41, 5.74) is 4.30. The molecule has 1 aliphatic heterocycles. The number of nitrogens with one attached hydrogen (secondary N) is 1. The van der Waals surface area contributed by atoms with Crippen molar-refractivity contribution in [1.29, 1.82) is 0 Å². The van der Waals surface area contributed by atoms with Crippen LogP contribution >= 0.6 is 15.9 Å². The van der Waals surface area contributed by atoms with E-state index in [2.05, 4.69) is 26.1 Å². The van der Waals surface area contributed by atoms with E-state index in [0.29, 0.717) is 32.6 Å². The standard InChI is InChI=1S/C22H22BrN3O5/c1-10-6-11(2)16(14(28)7-10)18-17-19(25-24-18)22(30)26(4-5-27)20(17)12-8-13(23)21(29)15(9-12)31-3/h6-9,20,27-29H,4-5H2,1-3H3,(H,24,25)/t20-/m0/s1. The number of carbonyl (C=O) groups is 1. The lowest BCUT2D eigenvalue weighted by Crippen LogP contribution is -2.32. The Labute approximate surface area is 187 Å². The third-order valence-corrected chi connectivity index (χ3v) is 6.09. The summed E-state index contributed by atoms with van der Waals surface area (Å²) in [7, 11) is 1.44. The number of aromatic amines is 1. The van der Waals surface area contributed by atoms with Gasteiger partial charge in [-0.25, -0.2) is 0 Å². The number of hydrogen-bond donors (Lipinski definition) is 4. The molecule has 4 N–H and O–H groups in total. The van der Waals surface area contributed by atoms with Crippen LogP contribution in [0.4, 0.5) is 0 Å². The Morgan fingerprint density at radius 2 is 1.97 bits per heavy atom. The third kappa shape index (κ3) is 3.34. The van der Waals surface area contributed by atoms with Crippen LogP contribution in [-0.2, 0) is 0 Å². The van der Waals surface area contributed by atoms with E-state index in [9.17, 15) is 20.1 Å². The molecule has 0 saturated heterocycles. The SMILES string of the molecule is COc1cc([C@H]2c3c(-c4c(C)cc(C)cc4O)n[nH]c3C(=O)N2CCO)cc(Br)c1O. The van der Waals surface area contributed by atoms with Gasteiger partial charge in [0.05, 0.1) is 24.2 Å². The van der Waals surface area contributed by atoms with Gasteiger partial charge in [0.15, 0.2) is 11.5 Å². The molecule has 0 radical (unpaired) electrons. The molecule has 1 aliphatic rings. The highest BCUT2D eigenvalue weighted by molar-refractivity contribution is 9.10. The van der Waals surface area contributed by atoms with Crippen molar-refractivity contribution in [1.82, 2.24) is 15.1 Å². The van der Waals surface area contributed by atoms with Gasteiger partial charge in [0.25, 0.3) is 5.91 Å². The van der Waals surface area contributed by atoms with Crippen molar-refractivity contribution in [2.24, 2.45) is 0 Å². The minimum Gasteiger partial charge on any atom is -0.507 e. The molecule has 1 aromatic heterocycles. The summed E-state index contributed by atoms with van der Waals surface area (Å²) in [6, 6.07) is 6.34. The summed E-state index contributed by atoms with van der Waals surface area (Å²) in [5, 5.41) is 37.7. The second-order valence-corrected chi connectivity index (χ2v) is 8.37. The van der Waals surface area contributed by atoms with Crippen molar-refractivity contribution >= 4 is 21.8 Å². The molecule has 2 aromatic carbocycles. The van der Waals surface area contributed by atoms with Gasteiger partial charge in [-0.2, -0.15) is 5.10 Å². The van der Waals surface area contributed by atoms with Crippen molar-refractivity contribution < 1.29 is 24.9 Å². The molecule has 4 rings (SSSR count). The first-order valence-electron chi connectivity index (χ1n) is 9.65. The number of ether oxygens (including phenoxy) is 1. The van der Waals surface area contributed by atoms with Gasteiger partial charge in [0.2, 0.25) is 0 Å². The average molecular weight is 488 g/mol. The fraction of sp³-hybridized carbons (Fsp3) is 0.273.